The van der Waals surface area contributed by atoms with Gasteiger partial charge in [0.15, 0.2) is 0 Å². The van der Waals surface area contributed by atoms with Crippen LogP contribution in [-0.4, -0.2) is 5.11 Å². The Labute approximate surface area is 92.7 Å². The number of rotatable bonds is 3. The Morgan fingerprint density at radius 1 is 1.38 bits per heavy atom. The molecule has 0 spiro atoms. The van der Waals surface area contributed by atoms with Gasteiger partial charge >= 0.3 is 0 Å². The molecule has 3 rings (SSSR count). The third-order valence-corrected chi connectivity index (χ3v) is 3.08. The lowest BCUT2D eigenvalue weighted by Crippen LogP contribution is -1.95. The Kier molecular flexibility index (Phi) is 2.21. The van der Waals surface area contributed by atoms with Gasteiger partial charge in [-0.15, -0.1) is 0 Å². The SMILES string of the molecule is OC(CC1CC1)c1cc2cc(F)ccc2o1. The second kappa shape index (κ2) is 3.59. The highest BCUT2D eigenvalue weighted by Crippen LogP contribution is 2.38. The van der Waals surface area contributed by atoms with Gasteiger partial charge in [-0.3, -0.25) is 0 Å². The quantitative estimate of drug-likeness (QED) is 0.859. The summed E-state index contributed by atoms with van der Waals surface area (Å²) < 4.78 is 18.5. The number of halogens is 1. The van der Waals surface area contributed by atoms with Crippen LogP contribution in [0.1, 0.15) is 31.1 Å². The topological polar surface area (TPSA) is 33.4 Å². The molecule has 1 heterocycles. The van der Waals surface area contributed by atoms with Gasteiger partial charge < -0.3 is 9.52 Å². The Bertz CT molecular complexity index is 514. The number of aliphatic hydroxyl groups is 1. The van der Waals surface area contributed by atoms with Gasteiger partial charge in [-0.25, -0.2) is 4.39 Å². The van der Waals surface area contributed by atoms with Crippen LogP contribution in [0, 0.1) is 11.7 Å². The molecule has 16 heavy (non-hydrogen) atoms. The molecule has 2 aromatic rings. The Morgan fingerprint density at radius 3 is 2.94 bits per heavy atom. The van der Waals surface area contributed by atoms with E-state index in [0.29, 0.717) is 22.6 Å². The molecule has 0 bridgehead atoms. The van der Waals surface area contributed by atoms with E-state index in [1.54, 1.807) is 12.1 Å². The van der Waals surface area contributed by atoms with Crippen LogP contribution in [0.4, 0.5) is 4.39 Å². The molecule has 1 aromatic heterocycles. The highest BCUT2D eigenvalue weighted by Gasteiger charge is 2.26. The molecule has 1 N–H and O–H groups in total. The van der Waals surface area contributed by atoms with Crippen molar-refractivity contribution in [3.8, 4) is 0 Å². The van der Waals surface area contributed by atoms with Crippen LogP contribution in [0.2, 0.25) is 0 Å². The number of hydrogen-bond donors (Lipinski definition) is 1. The number of hydrogen-bond acceptors (Lipinski definition) is 2. The summed E-state index contributed by atoms with van der Waals surface area (Å²) in [7, 11) is 0. The highest BCUT2D eigenvalue weighted by molar-refractivity contribution is 5.77. The standard InChI is InChI=1S/C13H13FO2/c14-10-3-4-12-9(6-10)7-13(16-12)11(15)5-8-1-2-8/h3-4,6-8,11,15H,1-2,5H2. The third kappa shape index (κ3) is 1.83. The second-order valence-electron chi connectivity index (χ2n) is 4.53. The van der Waals surface area contributed by atoms with Gasteiger partial charge in [-0.1, -0.05) is 12.8 Å². The lowest BCUT2D eigenvalue weighted by molar-refractivity contribution is 0.136. The number of aliphatic hydroxyl groups excluding tert-OH is 1. The molecule has 1 fully saturated rings. The predicted octanol–water partition coefficient (Wildman–Crippen LogP) is 3.41. The second-order valence-corrected chi connectivity index (χ2v) is 4.53. The summed E-state index contributed by atoms with van der Waals surface area (Å²) in [6, 6.07) is 6.11. The van der Waals surface area contributed by atoms with Crippen molar-refractivity contribution < 1.29 is 13.9 Å². The Hall–Kier alpha value is -1.35. The van der Waals surface area contributed by atoms with Crippen molar-refractivity contribution in [1.82, 2.24) is 0 Å². The molecule has 1 aliphatic carbocycles. The smallest absolute Gasteiger partial charge is 0.134 e. The van der Waals surface area contributed by atoms with E-state index in [1.807, 2.05) is 0 Å². The van der Waals surface area contributed by atoms with Gasteiger partial charge in [-0.05, 0) is 36.6 Å². The lowest BCUT2D eigenvalue weighted by Gasteiger charge is -2.04. The molecule has 3 heteroatoms. The minimum atomic E-state index is -0.553. The molecule has 1 atom stereocenters. The normalized spacial score (nSPS) is 17.9. The van der Waals surface area contributed by atoms with Crippen LogP contribution in [0.25, 0.3) is 11.0 Å². The molecular formula is C13H13FO2. The zero-order valence-electron chi connectivity index (χ0n) is 8.82. The van der Waals surface area contributed by atoms with Crippen molar-refractivity contribution in [3.63, 3.8) is 0 Å². The molecule has 1 aromatic carbocycles. The number of benzene rings is 1. The average Bonchev–Trinajstić information content (AvgIpc) is 2.95. The van der Waals surface area contributed by atoms with Crippen molar-refractivity contribution in [2.75, 3.05) is 0 Å². The predicted molar refractivity (Wildman–Crippen MR) is 58.5 cm³/mol. The Morgan fingerprint density at radius 2 is 2.19 bits per heavy atom. The van der Waals surface area contributed by atoms with Gasteiger partial charge in [0.25, 0.3) is 0 Å². The number of furan rings is 1. The van der Waals surface area contributed by atoms with E-state index in [9.17, 15) is 9.50 Å². The molecule has 0 amide bonds. The van der Waals surface area contributed by atoms with Crippen molar-refractivity contribution in [3.05, 3.63) is 35.8 Å². The van der Waals surface area contributed by atoms with Crippen LogP contribution in [0.3, 0.4) is 0 Å². The minimum absolute atomic E-state index is 0.281. The largest absolute Gasteiger partial charge is 0.458 e. The molecule has 0 saturated heterocycles. The molecule has 1 saturated carbocycles. The van der Waals surface area contributed by atoms with E-state index in [2.05, 4.69) is 0 Å². The lowest BCUT2D eigenvalue weighted by atomic mass is 10.1. The van der Waals surface area contributed by atoms with E-state index >= 15 is 0 Å². The molecule has 1 aliphatic rings. The van der Waals surface area contributed by atoms with Crippen LogP contribution >= 0.6 is 0 Å². The van der Waals surface area contributed by atoms with Crippen LogP contribution < -0.4 is 0 Å². The van der Waals surface area contributed by atoms with Crippen molar-refractivity contribution in [2.24, 2.45) is 5.92 Å². The van der Waals surface area contributed by atoms with Gasteiger partial charge in [-0.2, -0.15) is 0 Å². The van der Waals surface area contributed by atoms with Crippen molar-refractivity contribution in [2.45, 2.75) is 25.4 Å². The fraction of sp³-hybridized carbons (Fsp3) is 0.385. The summed E-state index contributed by atoms with van der Waals surface area (Å²) in [6.45, 7) is 0. The van der Waals surface area contributed by atoms with Crippen LogP contribution in [0.15, 0.2) is 28.7 Å². The molecule has 2 nitrogen and oxygen atoms in total. The average molecular weight is 220 g/mol. The summed E-state index contributed by atoms with van der Waals surface area (Å²) in [4.78, 5) is 0. The summed E-state index contributed by atoms with van der Waals surface area (Å²) in [5.74, 6) is 0.906. The first-order chi connectivity index (χ1) is 7.72. The van der Waals surface area contributed by atoms with E-state index < -0.39 is 6.10 Å². The zero-order chi connectivity index (χ0) is 11.1. The first-order valence-corrected chi connectivity index (χ1v) is 5.59. The molecular weight excluding hydrogens is 207 g/mol. The van der Waals surface area contributed by atoms with Crippen molar-refractivity contribution >= 4 is 11.0 Å². The maximum Gasteiger partial charge on any atom is 0.134 e. The fourth-order valence-electron chi connectivity index (χ4n) is 1.98. The van der Waals surface area contributed by atoms with Crippen molar-refractivity contribution in [1.29, 1.82) is 0 Å². The summed E-state index contributed by atoms with van der Waals surface area (Å²) >= 11 is 0. The zero-order valence-corrected chi connectivity index (χ0v) is 8.82. The highest BCUT2D eigenvalue weighted by atomic mass is 19.1. The van der Waals surface area contributed by atoms with E-state index in [-0.39, 0.29) is 5.82 Å². The first kappa shape index (κ1) is 9.85. The maximum absolute atomic E-state index is 13.0. The van der Waals surface area contributed by atoms with Gasteiger partial charge in [0.2, 0.25) is 0 Å². The minimum Gasteiger partial charge on any atom is -0.458 e. The number of fused-ring (bicyclic) bond motifs is 1. The van der Waals surface area contributed by atoms with Gasteiger partial charge in [0, 0.05) is 5.39 Å². The summed E-state index contributed by atoms with van der Waals surface area (Å²) in [6.07, 6.45) is 2.60. The molecule has 1 unspecified atom stereocenters. The first-order valence-electron chi connectivity index (χ1n) is 5.59. The maximum atomic E-state index is 13.0. The van der Waals surface area contributed by atoms with Crippen LogP contribution in [-0.2, 0) is 0 Å². The monoisotopic (exact) mass is 220 g/mol. The van der Waals surface area contributed by atoms with Crippen LogP contribution in [0.5, 0.6) is 0 Å². The molecule has 0 aliphatic heterocycles. The summed E-state index contributed by atoms with van der Waals surface area (Å²) in [5, 5.41) is 10.6. The third-order valence-electron chi connectivity index (χ3n) is 3.08. The van der Waals surface area contributed by atoms with E-state index in [0.717, 1.165) is 6.42 Å². The summed E-state index contributed by atoms with van der Waals surface area (Å²) in [5.41, 5.74) is 0.631. The van der Waals surface area contributed by atoms with Gasteiger partial charge in [0.05, 0.1) is 0 Å². The van der Waals surface area contributed by atoms with Gasteiger partial charge in [0.1, 0.15) is 23.3 Å². The fourth-order valence-corrected chi connectivity index (χ4v) is 1.98. The van der Waals surface area contributed by atoms with E-state index in [4.69, 9.17) is 4.42 Å². The molecule has 84 valence electrons. The Balaban J connectivity index is 1.91. The molecule has 0 radical (unpaired) electrons. The van der Waals surface area contributed by atoms with E-state index in [1.165, 1.54) is 25.0 Å².